The van der Waals surface area contributed by atoms with Gasteiger partial charge in [-0.3, -0.25) is 4.68 Å². The second-order valence-electron chi connectivity index (χ2n) is 6.53. The van der Waals surface area contributed by atoms with Gasteiger partial charge in [0.05, 0.1) is 11.7 Å². The Morgan fingerprint density at radius 2 is 1.73 bits per heavy atom. The van der Waals surface area contributed by atoms with Gasteiger partial charge >= 0.3 is 0 Å². The van der Waals surface area contributed by atoms with E-state index in [4.69, 9.17) is 0 Å². The number of halogens is 4. The van der Waals surface area contributed by atoms with E-state index in [0.29, 0.717) is 18.9 Å². The first-order chi connectivity index (χ1) is 12.2. The summed E-state index contributed by atoms with van der Waals surface area (Å²) < 4.78 is 79.4. The van der Waals surface area contributed by atoms with Crippen molar-refractivity contribution in [1.82, 2.24) is 9.78 Å². The SMILES string of the molecule is CS(=O)(=O)c1cc(F)c(-c2cc(C(F)F)nn2C2CCCCC2)cc1F. The van der Waals surface area contributed by atoms with Crippen LogP contribution in [0.4, 0.5) is 17.6 Å². The molecule has 1 aromatic carbocycles. The standard InChI is InChI=1S/C17H18F4N2O2S/c1-26(24,25)16-8-12(18)11(7-13(16)19)15-9-14(17(20)21)22-23(15)10-5-3-2-4-6-10/h7-10,17H,2-6H2,1H3. The Morgan fingerprint density at radius 1 is 1.08 bits per heavy atom. The lowest BCUT2D eigenvalue weighted by Gasteiger charge is -2.24. The van der Waals surface area contributed by atoms with E-state index in [1.165, 1.54) is 4.68 Å². The fourth-order valence-corrected chi connectivity index (χ4v) is 4.06. The summed E-state index contributed by atoms with van der Waals surface area (Å²) in [5, 5.41) is 3.91. The molecule has 1 saturated carbocycles. The Bertz CT molecular complexity index is 919. The first kappa shape index (κ1) is 18.9. The largest absolute Gasteiger partial charge is 0.282 e. The van der Waals surface area contributed by atoms with Gasteiger partial charge in [-0.1, -0.05) is 19.3 Å². The van der Waals surface area contributed by atoms with Crippen molar-refractivity contribution >= 4 is 9.84 Å². The van der Waals surface area contributed by atoms with Gasteiger partial charge in [-0.25, -0.2) is 26.0 Å². The summed E-state index contributed by atoms with van der Waals surface area (Å²) in [7, 11) is -3.95. The Balaban J connectivity index is 2.15. The maximum Gasteiger partial charge on any atom is 0.282 e. The molecule has 4 nitrogen and oxygen atoms in total. The van der Waals surface area contributed by atoms with Crippen LogP contribution in [-0.2, 0) is 9.84 Å². The van der Waals surface area contributed by atoms with Crippen molar-refractivity contribution in [2.24, 2.45) is 0 Å². The Labute approximate surface area is 148 Å². The summed E-state index contributed by atoms with van der Waals surface area (Å²) in [5.74, 6) is -2.12. The van der Waals surface area contributed by atoms with Crippen molar-refractivity contribution in [3.63, 3.8) is 0 Å². The summed E-state index contributed by atoms with van der Waals surface area (Å²) in [6.45, 7) is 0. The van der Waals surface area contributed by atoms with Crippen molar-refractivity contribution in [2.45, 2.75) is 49.5 Å². The Morgan fingerprint density at radius 3 is 2.31 bits per heavy atom. The molecule has 9 heteroatoms. The quantitative estimate of drug-likeness (QED) is 0.713. The van der Waals surface area contributed by atoms with E-state index in [1.54, 1.807) is 0 Å². The van der Waals surface area contributed by atoms with Crippen molar-refractivity contribution in [1.29, 1.82) is 0 Å². The highest BCUT2D eigenvalue weighted by molar-refractivity contribution is 7.90. The zero-order valence-corrected chi connectivity index (χ0v) is 14.9. The summed E-state index contributed by atoms with van der Waals surface area (Å²) >= 11 is 0. The highest BCUT2D eigenvalue weighted by Crippen LogP contribution is 2.36. The van der Waals surface area contributed by atoms with E-state index in [9.17, 15) is 26.0 Å². The maximum absolute atomic E-state index is 14.5. The number of benzene rings is 1. The predicted molar refractivity (Wildman–Crippen MR) is 87.8 cm³/mol. The first-order valence-corrected chi connectivity index (χ1v) is 10.1. The van der Waals surface area contributed by atoms with Crippen molar-refractivity contribution in [3.05, 3.63) is 35.5 Å². The van der Waals surface area contributed by atoms with Gasteiger partial charge < -0.3 is 0 Å². The number of rotatable bonds is 4. The number of nitrogens with zero attached hydrogens (tertiary/aromatic N) is 2. The van der Waals surface area contributed by atoms with E-state index in [0.717, 1.165) is 37.7 Å². The van der Waals surface area contributed by atoms with Crippen LogP contribution in [0.3, 0.4) is 0 Å². The van der Waals surface area contributed by atoms with E-state index in [1.807, 2.05) is 0 Å². The molecule has 1 fully saturated rings. The molecule has 0 atom stereocenters. The average Bonchev–Trinajstić information content (AvgIpc) is 3.02. The minimum Gasteiger partial charge on any atom is -0.261 e. The molecular formula is C17H18F4N2O2S. The lowest BCUT2D eigenvalue weighted by atomic mass is 9.95. The second kappa shape index (κ2) is 7.02. The fraction of sp³-hybridized carbons (Fsp3) is 0.471. The van der Waals surface area contributed by atoms with Crippen LogP contribution >= 0.6 is 0 Å². The van der Waals surface area contributed by atoms with Gasteiger partial charge in [-0.05, 0) is 31.0 Å². The number of hydrogen-bond acceptors (Lipinski definition) is 3. The molecule has 3 rings (SSSR count). The highest BCUT2D eigenvalue weighted by Gasteiger charge is 2.26. The lowest BCUT2D eigenvalue weighted by Crippen LogP contribution is -2.16. The molecular weight excluding hydrogens is 372 g/mol. The molecule has 1 aliphatic rings. The van der Waals surface area contributed by atoms with Crippen LogP contribution in [0, 0.1) is 11.6 Å². The number of sulfone groups is 1. The van der Waals surface area contributed by atoms with Crippen molar-refractivity contribution < 1.29 is 26.0 Å². The molecule has 0 aliphatic heterocycles. The molecule has 0 spiro atoms. The third kappa shape index (κ3) is 3.62. The van der Waals surface area contributed by atoms with Crippen LogP contribution in [0.15, 0.2) is 23.1 Å². The van der Waals surface area contributed by atoms with Gasteiger partial charge in [0.25, 0.3) is 6.43 Å². The van der Waals surface area contributed by atoms with Crippen molar-refractivity contribution in [2.75, 3.05) is 6.26 Å². The van der Waals surface area contributed by atoms with E-state index < -0.39 is 38.5 Å². The van der Waals surface area contributed by atoms with Gasteiger partial charge in [0.2, 0.25) is 0 Å². The van der Waals surface area contributed by atoms with Crippen LogP contribution in [0.2, 0.25) is 0 Å². The summed E-state index contributed by atoms with van der Waals surface area (Å²) in [6.07, 6.45) is 2.18. The summed E-state index contributed by atoms with van der Waals surface area (Å²) in [5.41, 5.74) is -0.763. The van der Waals surface area contributed by atoms with Gasteiger partial charge in [-0.15, -0.1) is 0 Å². The topological polar surface area (TPSA) is 52.0 Å². The molecule has 1 aliphatic carbocycles. The maximum atomic E-state index is 14.5. The summed E-state index contributed by atoms with van der Waals surface area (Å²) in [6, 6.07) is 2.18. The zero-order valence-electron chi connectivity index (χ0n) is 14.1. The normalized spacial score (nSPS) is 16.4. The van der Waals surface area contributed by atoms with Gasteiger partial charge in [-0.2, -0.15) is 5.10 Å². The molecule has 26 heavy (non-hydrogen) atoms. The zero-order chi connectivity index (χ0) is 19.1. The summed E-state index contributed by atoms with van der Waals surface area (Å²) in [4.78, 5) is -0.767. The minimum absolute atomic E-state index is 0.0312. The smallest absolute Gasteiger partial charge is 0.261 e. The number of aromatic nitrogens is 2. The van der Waals surface area contributed by atoms with Gasteiger partial charge in [0.1, 0.15) is 22.2 Å². The van der Waals surface area contributed by atoms with Crippen LogP contribution in [-0.4, -0.2) is 24.5 Å². The molecule has 0 radical (unpaired) electrons. The predicted octanol–water partition coefficient (Wildman–Crippen LogP) is 4.67. The van der Waals surface area contributed by atoms with Crippen LogP contribution in [0.5, 0.6) is 0 Å². The lowest BCUT2D eigenvalue weighted by molar-refractivity contribution is 0.144. The minimum atomic E-state index is -3.95. The van der Waals surface area contributed by atoms with Crippen LogP contribution < -0.4 is 0 Å². The molecule has 2 aromatic rings. The molecule has 0 amide bonds. The van der Waals surface area contributed by atoms with Crippen LogP contribution in [0.25, 0.3) is 11.3 Å². The molecule has 0 bridgehead atoms. The monoisotopic (exact) mass is 390 g/mol. The third-order valence-electron chi connectivity index (χ3n) is 4.60. The molecule has 1 heterocycles. The van der Waals surface area contributed by atoms with Gasteiger partial charge in [0.15, 0.2) is 9.84 Å². The molecule has 0 unspecified atom stereocenters. The first-order valence-electron chi connectivity index (χ1n) is 8.25. The molecule has 1 aromatic heterocycles. The molecule has 0 saturated heterocycles. The van der Waals surface area contributed by atoms with Crippen LogP contribution in [0.1, 0.15) is 50.3 Å². The van der Waals surface area contributed by atoms with Gasteiger partial charge in [0, 0.05) is 11.8 Å². The van der Waals surface area contributed by atoms with E-state index in [-0.39, 0.29) is 17.3 Å². The van der Waals surface area contributed by atoms with Crippen molar-refractivity contribution in [3.8, 4) is 11.3 Å². The van der Waals surface area contributed by atoms with E-state index in [2.05, 4.69) is 5.10 Å². The fourth-order valence-electron chi connectivity index (χ4n) is 3.33. The average molecular weight is 390 g/mol. The Hall–Kier alpha value is -1.90. The number of hydrogen-bond donors (Lipinski definition) is 0. The Kier molecular flexibility index (Phi) is 5.09. The third-order valence-corrected chi connectivity index (χ3v) is 5.71. The second-order valence-corrected chi connectivity index (χ2v) is 8.51. The number of alkyl halides is 2. The van der Waals surface area contributed by atoms with E-state index >= 15 is 0 Å². The highest BCUT2D eigenvalue weighted by atomic mass is 32.2. The molecule has 0 N–H and O–H groups in total. The molecule has 142 valence electrons.